The highest BCUT2D eigenvalue weighted by Crippen LogP contribution is 2.32. The summed E-state index contributed by atoms with van der Waals surface area (Å²) in [4.78, 5) is 28.3. The molecule has 0 bridgehead atoms. The lowest BCUT2D eigenvalue weighted by Crippen LogP contribution is -2.36. The Labute approximate surface area is 149 Å². The van der Waals surface area contributed by atoms with E-state index >= 15 is 0 Å². The van der Waals surface area contributed by atoms with Crippen LogP contribution in [0, 0.1) is 5.82 Å². The number of hydrogen-bond acceptors (Lipinski definition) is 5. The second kappa shape index (κ2) is 6.60. The predicted molar refractivity (Wildman–Crippen MR) is 91.0 cm³/mol. The number of nitrogens with zero attached hydrogens (tertiary/aromatic N) is 2. The lowest BCUT2D eigenvalue weighted by atomic mass is 10.1. The molecular weight excluding hydrogens is 343 g/mol. The first-order valence-corrected chi connectivity index (χ1v) is 8.31. The van der Waals surface area contributed by atoms with Crippen LogP contribution in [0.5, 0.6) is 0 Å². The van der Waals surface area contributed by atoms with E-state index in [1.54, 1.807) is 31.4 Å². The molecule has 3 rings (SSSR count). The minimum Gasteiger partial charge on any atom is -0.480 e. The van der Waals surface area contributed by atoms with Crippen LogP contribution in [0.2, 0.25) is 0 Å². The molecule has 0 amide bonds. The molecule has 2 aromatic rings. The number of hydroxylamine groups is 2. The highest BCUT2D eigenvalue weighted by molar-refractivity contribution is 5.87. The third kappa shape index (κ3) is 3.80. The van der Waals surface area contributed by atoms with Crippen LogP contribution in [0.3, 0.4) is 0 Å². The van der Waals surface area contributed by atoms with Gasteiger partial charge >= 0.3 is 12.1 Å². The van der Waals surface area contributed by atoms with E-state index in [-0.39, 0.29) is 13.1 Å². The number of rotatable bonds is 3. The molecule has 1 N–H and O–H groups in total. The summed E-state index contributed by atoms with van der Waals surface area (Å²) in [7, 11) is 0. The fourth-order valence-corrected chi connectivity index (χ4v) is 3.17. The zero-order valence-electron chi connectivity index (χ0n) is 14.9. The number of carbonyl (C=O) groups excluding carboxylic acids is 1. The number of hydrogen-bond donors (Lipinski definition) is 1. The van der Waals surface area contributed by atoms with E-state index in [9.17, 15) is 19.1 Å². The van der Waals surface area contributed by atoms with Gasteiger partial charge in [0.1, 0.15) is 18.0 Å². The van der Waals surface area contributed by atoms with Gasteiger partial charge < -0.3 is 19.2 Å². The standard InChI is InChI=1S/C18H21FN2O5/c1-18(2,3)25-17(24)26-20-7-6-15-13(9-20)12-8-11(19)4-5-14(12)21(15)10-16(22)23/h4-5,8H,6-7,9-10H2,1-3H3,(H,22,23). The van der Waals surface area contributed by atoms with Crippen LogP contribution in [0.4, 0.5) is 9.18 Å². The summed E-state index contributed by atoms with van der Waals surface area (Å²) >= 11 is 0. The molecule has 26 heavy (non-hydrogen) atoms. The van der Waals surface area contributed by atoms with Crippen LogP contribution in [0.25, 0.3) is 10.9 Å². The lowest BCUT2D eigenvalue weighted by Gasteiger charge is -2.27. The summed E-state index contributed by atoms with van der Waals surface area (Å²) in [5, 5.41) is 11.3. The molecule has 1 aromatic heterocycles. The van der Waals surface area contributed by atoms with Crippen molar-refractivity contribution >= 4 is 23.0 Å². The Morgan fingerprint density at radius 3 is 2.69 bits per heavy atom. The molecular formula is C18H21FN2O5. The SMILES string of the molecule is CC(C)(C)OC(=O)ON1CCc2c(c3cc(F)ccc3n2CC(=O)O)C1. The number of fused-ring (bicyclic) bond motifs is 3. The van der Waals surface area contributed by atoms with Crippen molar-refractivity contribution in [1.29, 1.82) is 0 Å². The summed E-state index contributed by atoms with van der Waals surface area (Å²) in [6.45, 7) is 5.65. The first kappa shape index (κ1) is 18.2. The number of aliphatic carboxylic acids is 1. The normalized spacial score (nSPS) is 14.9. The van der Waals surface area contributed by atoms with Gasteiger partial charge in [0, 0.05) is 29.6 Å². The second-order valence-corrected chi connectivity index (χ2v) is 7.24. The predicted octanol–water partition coefficient (Wildman–Crippen LogP) is 3.09. The molecule has 0 aliphatic carbocycles. The molecule has 8 heteroatoms. The van der Waals surface area contributed by atoms with Crippen molar-refractivity contribution in [3.8, 4) is 0 Å². The third-order valence-electron chi connectivity index (χ3n) is 4.07. The molecule has 0 atom stereocenters. The van der Waals surface area contributed by atoms with Crippen molar-refractivity contribution in [3.63, 3.8) is 0 Å². The fourth-order valence-electron chi connectivity index (χ4n) is 3.17. The molecule has 0 spiro atoms. The van der Waals surface area contributed by atoms with Crippen LogP contribution in [-0.4, -0.2) is 39.0 Å². The van der Waals surface area contributed by atoms with Crippen LogP contribution in [0.15, 0.2) is 18.2 Å². The molecule has 0 unspecified atom stereocenters. The third-order valence-corrected chi connectivity index (χ3v) is 4.07. The zero-order valence-corrected chi connectivity index (χ0v) is 14.9. The highest BCUT2D eigenvalue weighted by Gasteiger charge is 2.28. The largest absolute Gasteiger partial charge is 0.528 e. The fraction of sp³-hybridized carbons (Fsp3) is 0.444. The summed E-state index contributed by atoms with van der Waals surface area (Å²) in [5.74, 6) is -1.38. The average Bonchev–Trinajstić information content (AvgIpc) is 2.78. The smallest absolute Gasteiger partial charge is 0.480 e. The van der Waals surface area contributed by atoms with Crippen LogP contribution >= 0.6 is 0 Å². The minimum atomic E-state index is -0.971. The number of ether oxygens (including phenoxy) is 1. The van der Waals surface area contributed by atoms with Gasteiger partial charge in [-0.1, -0.05) is 0 Å². The first-order valence-electron chi connectivity index (χ1n) is 8.31. The van der Waals surface area contributed by atoms with Crippen molar-refractivity contribution in [2.24, 2.45) is 0 Å². The zero-order chi connectivity index (χ0) is 19.1. The second-order valence-electron chi connectivity index (χ2n) is 7.24. The van der Waals surface area contributed by atoms with Crippen molar-refractivity contribution in [3.05, 3.63) is 35.3 Å². The number of halogens is 1. The van der Waals surface area contributed by atoms with Crippen LogP contribution < -0.4 is 0 Å². The van der Waals surface area contributed by atoms with Gasteiger partial charge in [-0.3, -0.25) is 4.79 Å². The Balaban J connectivity index is 1.90. The van der Waals surface area contributed by atoms with E-state index in [4.69, 9.17) is 9.57 Å². The number of carboxylic acid groups (broad SMARTS) is 1. The molecule has 1 aromatic carbocycles. The van der Waals surface area contributed by atoms with Gasteiger partial charge in [0.05, 0.1) is 6.54 Å². The van der Waals surface area contributed by atoms with Crippen molar-refractivity contribution in [1.82, 2.24) is 9.63 Å². The number of aromatic nitrogens is 1. The maximum atomic E-state index is 13.7. The van der Waals surface area contributed by atoms with Gasteiger partial charge in [-0.2, -0.15) is 0 Å². The molecule has 0 saturated heterocycles. The van der Waals surface area contributed by atoms with Crippen molar-refractivity contribution in [2.75, 3.05) is 6.54 Å². The van der Waals surface area contributed by atoms with Crippen molar-refractivity contribution < 1.29 is 28.7 Å². The Bertz CT molecular complexity index is 869. The molecule has 1 aliphatic rings. The number of benzene rings is 1. The maximum Gasteiger partial charge on any atom is 0.528 e. The Morgan fingerprint density at radius 1 is 1.31 bits per heavy atom. The van der Waals surface area contributed by atoms with E-state index in [1.165, 1.54) is 17.2 Å². The van der Waals surface area contributed by atoms with E-state index in [0.717, 1.165) is 11.3 Å². The number of carbonyl (C=O) groups is 2. The quantitative estimate of drug-likeness (QED) is 0.843. The van der Waals surface area contributed by atoms with E-state index in [2.05, 4.69) is 0 Å². The van der Waals surface area contributed by atoms with Gasteiger partial charge in [-0.15, -0.1) is 5.06 Å². The Kier molecular flexibility index (Phi) is 4.62. The summed E-state index contributed by atoms with van der Waals surface area (Å²) < 4.78 is 20.6. The van der Waals surface area contributed by atoms with Gasteiger partial charge in [0.15, 0.2) is 0 Å². The molecule has 140 valence electrons. The van der Waals surface area contributed by atoms with Gasteiger partial charge in [-0.25, -0.2) is 9.18 Å². The summed E-state index contributed by atoms with van der Waals surface area (Å²) in [6.07, 6.45) is -0.330. The lowest BCUT2D eigenvalue weighted by molar-refractivity contribution is -0.151. The summed E-state index contributed by atoms with van der Waals surface area (Å²) in [6, 6.07) is 4.26. The van der Waals surface area contributed by atoms with E-state index < -0.39 is 23.5 Å². The molecule has 0 saturated carbocycles. The molecule has 2 heterocycles. The first-order chi connectivity index (χ1) is 12.1. The maximum absolute atomic E-state index is 13.7. The van der Waals surface area contributed by atoms with E-state index in [0.29, 0.717) is 23.9 Å². The highest BCUT2D eigenvalue weighted by atomic mass is 19.1. The van der Waals surface area contributed by atoms with Gasteiger partial charge in [0.2, 0.25) is 0 Å². The monoisotopic (exact) mass is 364 g/mol. The van der Waals surface area contributed by atoms with Crippen LogP contribution in [-0.2, 0) is 33.9 Å². The topological polar surface area (TPSA) is 81.0 Å². The molecule has 7 nitrogen and oxygen atoms in total. The van der Waals surface area contributed by atoms with Gasteiger partial charge in [-0.05, 0) is 44.5 Å². The molecule has 0 fully saturated rings. The molecule has 0 radical (unpaired) electrons. The Morgan fingerprint density at radius 2 is 2.04 bits per heavy atom. The number of carboxylic acids is 1. The van der Waals surface area contributed by atoms with Gasteiger partial charge in [0.25, 0.3) is 0 Å². The van der Waals surface area contributed by atoms with Crippen molar-refractivity contribution in [2.45, 2.75) is 45.9 Å². The summed E-state index contributed by atoms with van der Waals surface area (Å²) in [5.41, 5.74) is 1.56. The molecule has 1 aliphatic heterocycles. The minimum absolute atomic E-state index is 0.204. The van der Waals surface area contributed by atoms with E-state index in [1.807, 2.05) is 0 Å². The Hall–Kier alpha value is -2.61. The van der Waals surface area contributed by atoms with Crippen LogP contribution in [0.1, 0.15) is 32.0 Å². The average molecular weight is 364 g/mol.